The molecular weight excluding hydrogens is 392 g/mol. The summed E-state index contributed by atoms with van der Waals surface area (Å²) in [5.74, 6) is -2.39. The Balaban J connectivity index is 1.61. The quantitative estimate of drug-likeness (QED) is 0.530. The van der Waals surface area contributed by atoms with Gasteiger partial charge in [-0.25, -0.2) is 13.8 Å². The fourth-order valence-electron chi connectivity index (χ4n) is 3.15. The number of fused-ring (bicyclic) bond motifs is 1. The number of benzene rings is 1. The Kier molecular flexibility index (Phi) is 5.09. The van der Waals surface area contributed by atoms with Gasteiger partial charge in [-0.2, -0.15) is 4.52 Å². The van der Waals surface area contributed by atoms with Gasteiger partial charge in [0.2, 0.25) is 5.82 Å². The summed E-state index contributed by atoms with van der Waals surface area (Å²) in [5, 5.41) is 5.45. The number of pyridine rings is 2. The molecule has 0 radical (unpaired) electrons. The molecule has 3 heterocycles. The van der Waals surface area contributed by atoms with Crippen molar-refractivity contribution in [2.24, 2.45) is 0 Å². The van der Waals surface area contributed by atoms with Gasteiger partial charge >= 0.3 is 0 Å². The van der Waals surface area contributed by atoms with Crippen LogP contribution in [0.15, 0.2) is 53.6 Å². The minimum absolute atomic E-state index is 0.00534. The van der Waals surface area contributed by atoms with Gasteiger partial charge in [-0.05, 0) is 53.9 Å². The van der Waals surface area contributed by atoms with Crippen LogP contribution >= 0.6 is 0 Å². The molecule has 0 aliphatic heterocycles. The molecule has 152 valence electrons. The largest absolute Gasteiger partial charge is 0.345 e. The zero-order chi connectivity index (χ0) is 21.3. The van der Waals surface area contributed by atoms with Crippen LogP contribution in [-0.2, 0) is 13.0 Å². The van der Waals surface area contributed by atoms with Crippen LogP contribution in [0.3, 0.4) is 0 Å². The second kappa shape index (κ2) is 7.86. The lowest BCUT2D eigenvalue weighted by Gasteiger charge is -2.05. The minimum Gasteiger partial charge on any atom is -0.345 e. The van der Waals surface area contributed by atoms with Crippen LogP contribution in [0.1, 0.15) is 32.9 Å². The Morgan fingerprint density at radius 3 is 2.60 bits per heavy atom. The smallest absolute Gasteiger partial charge is 0.288 e. The molecule has 2 N–H and O–H groups in total. The summed E-state index contributed by atoms with van der Waals surface area (Å²) >= 11 is 0. The number of carbonyl (C=O) groups excluding carboxylic acids is 1. The van der Waals surface area contributed by atoms with Gasteiger partial charge in [0.1, 0.15) is 0 Å². The number of hydrogen-bond donors (Lipinski definition) is 2. The van der Waals surface area contributed by atoms with Gasteiger partial charge in [0.15, 0.2) is 17.3 Å². The van der Waals surface area contributed by atoms with Crippen molar-refractivity contribution >= 4 is 11.6 Å². The summed E-state index contributed by atoms with van der Waals surface area (Å²) in [6, 6.07) is 8.70. The maximum Gasteiger partial charge on any atom is 0.288 e. The number of aromatic amines is 1. The highest BCUT2D eigenvalue weighted by Crippen LogP contribution is 2.14. The van der Waals surface area contributed by atoms with Gasteiger partial charge in [-0.3, -0.25) is 19.7 Å². The first kappa shape index (κ1) is 19.4. The van der Waals surface area contributed by atoms with Crippen molar-refractivity contribution in [2.75, 3.05) is 0 Å². The molecule has 30 heavy (non-hydrogen) atoms. The zero-order valence-corrected chi connectivity index (χ0v) is 15.9. The lowest BCUT2D eigenvalue weighted by molar-refractivity contribution is 0.0940. The average Bonchev–Trinajstić information content (AvgIpc) is 3.20. The topological polar surface area (TPSA) is 92.1 Å². The fourth-order valence-corrected chi connectivity index (χ4v) is 3.15. The minimum atomic E-state index is -0.972. The van der Waals surface area contributed by atoms with E-state index in [1.165, 1.54) is 10.6 Å². The Morgan fingerprint density at radius 1 is 1.10 bits per heavy atom. The molecule has 3 aromatic heterocycles. The predicted octanol–water partition coefficient (Wildman–Crippen LogP) is 2.53. The SMILES string of the molecule is Cc1cc(Cc2ccc(F)c(F)c2)c(=O)n2[nH]c(C(=O)NCc3ccncc3)nc12. The van der Waals surface area contributed by atoms with Gasteiger partial charge in [-0.1, -0.05) is 6.07 Å². The van der Waals surface area contributed by atoms with E-state index in [9.17, 15) is 18.4 Å². The number of rotatable bonds is 5. The second-order valence-electron chi connectivity index (χ2n) is 6.85. The first-order valence-electron chi connectivity index (χ1n) is 9.14. The van der Waals surface area contributed by atoms with Crippen LogP contribution < -0.4 is 10.9 Å². The highest BCUT2D eigenvalue weighted by molar-refractivity contribution is 5.91. The van der Waals surface area contributed by atoms with E-state index in [2.05, 4.69) is 20.4 Å². The van der Waals surface area contributed by atoms with E-state index < -0.39 is 23.1 Å². The van der Waals surface area contributed by atoms with Crippen LogP contribution in [-0.4, -0.2) is 25.5 Å². The summed E-state index contributed by atoms with van der Waals surface area (Å²) < 4.78 is 27.8. The van der Waals surface area contributed by atoms with Crippen molar-refractivity contribution in [3.05, 3.63) is 98.9 Å². The summed E-state index contributed by atoms with van der Waals surface area (Å²) in [5.41, 5.74) is 2.26. The molecule has 4 aromatic rings. The maximum absolute atomic E-state index is 13.5. The van der Waals surface area contributed by atoms with Gasteiger partial charge in [0.25, 0.3) is 11.5 Å². The third-order valence-corrected chi connectivity index (χ3v) is 4.66. The lowest BCUT2D eigenvalue weighted by atomic mass is 10.0. The zero-order valence-electron chi connectivity index (χ0n) is 15.9. The van der Waals surface area contributed by atoms with Crippen LogP contribution in [0, 0.1) is 18.6 Å². The van der Waals surface area contributed by atoms with Crippen LogP contribution in [0.5, 0.6) is 0 Å². The predicted molar refractivity (Wildman–Crippen MR) is 105 cm³/mol. The van der Waals surface area contributed by atoms with Crippen molar-refractivity contribution < 1.29 is 13.6 Å². The van der Waals surface area contributed by atoms with Gasteiger partial charge < -0.3 is 5.32 Å². The molecule has 0 unspecified atom stereocenters. The van der Waals surface area contributed by atoms with Gasteiger partial charge in [-0.15, -0.1) is 0 Å². The number of aryl methyl sites for hydroxylation is 1. The van der Waals surface area contributed by atoms with E-state index in [1.54, 1.807) is 37.5 Å². The third kappa shape index (κ3) is 3.82. The van der Waals surface area contributed by atoms with Crippen LogP contribution in [0.2, 0.25) is 0 Å². The van der Waals surface area contributed by atoms with E-state index in [4.69, 9.17) is 0 Å². The summed E-state index contributed by atoms with van der Waals surface area (Å²) in [6.45, 7) is 2.04. The molecule has 0 saturated heterocycles. The van der Waals surface area contributed by atoms with E-state index >= 15 is 0 Å². The number of hydrogen-bond acceptors (Lipinski definition) is 4. The Morgan fingerprint density at radius 2 is 1.87 bits per heavy atom. The molecule has 0 atom stereocenters. The Labute approximate surface area is 169 Å². The van der Waals surface area contributed by atoms with E-state index in [1.807, 2.05) is 0 Å². The first-order chi connectivity index (χ1) is 14.4. The Bertz CT molecular complexity index is 1300. The Hall–Kier alpha value is -3.88. The molecule has 9 heteroatoms. The van der Waals surface area contributed by atoms with Crippen molar-refractivity contribution in [1.29, 1.82) is 0 Å². The highest BCUT2D eigenvalue weighted by Gasteiger charge is 2.16. The van der Waals surface area contributed by atoms with Crippen molar-refractivity contribution in [3.8, 4) is 0 Å². The monoisotopic (exact) mass is 409 g/mol. The molecule has 1 aromatic carbocycles. The number of H-pyrrole nitrogens is 1. The second-order valence-corrected chi connectivity index (χ2v) is 6.85. The number of halogens is 2. The summed E-state index contributed by atoms with van der Waals surface area (Å²) in [6.07, 6.45) is 3.36. The molecular formula is C21H17F2N5O2. The van der Waals surface area contributed by atoms with Crippen LogP contribution in [0.4, 0.5) is 8.78 Å². The fraction of sp³-hybridized carbons (Fsp3) is 0.143. The average molecular weight is 409 g/mol. The van der Waals surface area contributed by atoms with Crippen LogP contribution in [0.25, 0.3) is 5.65 Å². The standard InChI is InChI=1S/C21H17F2N5O2/c1-12-8-15(9-14-2-3-16(22)17(23)10-14)21(30)28-19(12)26-18(27-28)20(29)25-11-13-4-6-24-7-5-13/h2-8,10H,9,11H2,1H3,(H,25,29)(H,26,27). The van der Waals surface area contributed by atoms with Gasteiger partial charge in [0.05, 0.1) is 0 Å². The summed E-state index contributed by atoms with van der Waals surface area (Å²) in [4.78, 5) is 33.4. The third-order valence-electron chi connectivity index (χ3n) is 4.66. The highest BCUT2D eigenvalue weighted by atomic mass is 19.2. The molecule has 0 aliphatic carbocycles. The molecule has 7 nitrogen and oxygen atoms in total. The van der Waals surface area contributed by atoms with E-state index in [-0.39, 0.29) is 18.8 Å². The molecule has 1 amide bonds. The van der Waals surface area contributed by atoms with Crippen molar-refractivity contribution in [3.63, 3.8) is 0 Å². The lowest BCUT2D eigenvalue weighted by Crippen LogP contribution is -2.25. The number of amides is 1. The van der Waals surface area contributed by atoms with E-state index in [0.29, 0.717) is 22.3 Å². The molecule has 4 rings (SSSR count). The van der Waals surface area contributed by atoms with Crippen molar-refractivity contribution in [2.45, 2.75) is 19.9 Å². The van der Waals surface area contributed by atoms with E-state index in [0.717, 1.165) is 17.7 Å². The number of carbonyl (C=O) groups is 1. The number of nitrogens with one attached hydrogen (secondary N) is 2. The molecule has 0 bridgehead atoms. The van der Waals surface area contributed by atoms with Gasteiger partial charge in [0, 0.05) is 30.9 Å². The normalized spacial score (nSPS) is 11.0. The number of aromatic nitrogens is 4. The van der Waals surface area contributed by atoms with Crippen molar-refractivity contribution in [1.82, 2.24) is 24.9 Å². The molecule has 0 aliphatic rings. The first-order valence-corrected chi connectivity index (χ1v) is 9.14. The maximum atomic E-state index is 13.5. The number of nitrogens with zero attached hydrogens (tertiary/aromatic N) is 3. The molecule has 0 fully saturated rings. The summed E-state index contributed by atoms with van der Waals surface area (Å²) in [7, 11) is 0. The molecule has 0 saturated carbocycles. The molecule has 0 spiro atoms.